The Morgan fingerprint density at radius 1 is 1.29 bits per heavy atom. The zero-order valence-electron chi connectivity index (χ0n) is 12.7. The predicted octanol–water partition coefficient (Wildman–Crippen LogP) is 3.01. The Morgan fingerprint density at radius 2 is 2.04 bits per heavy atom. The first-order valence-corrected chi connectivity index (χ1v) is 7.86. The van der Waals surface area contributed by atoms with Crippen LogP contribution in [0.1, 0.15) is 15.9 Å². The van der Waals surface area contributed by atoms with Crippen LogP contribution in [0.2, 0.25) is 0 Å². The monoisotopic (exact) mass is 339 g/mol. The van der Waals surface area contributed by atoms with Gasteiger partial charge in [0.1, 0.15) is 0 Å². The number of benzene rings is 1. The topological polar surface area (TPSA) is 82.9 Å². The minimum atomic E-state index is -1.01. The molecule has 0 saturated carbocycles. The summed E-state index contributed by atoms with van der Waals surface area (Å²) in [5.41, 5.74) is 1.52. The number of hydrogen-bond acceptors (Lipinski definition) is 5. The van der Waals surface area contributed by atoms with Crippen LogP contribution in [-0.4, -0.2) is 39.1 Å². The Balaban J connectivity index is 1.90. The molecule has 0 radical (unpaired) electrons. The van der Waals surface area contributed by atoms with Crippen molar-refractivity contribution in [2.45, 2.75) is 0 Å². The van der Waals surface area contributed by atoms with Crippen molar-refractivity contribution in [3.63, 3.8) is 0 Å². The van der Waals surface area contributed by atoms with Gasteiger partial charge in [0.2, 0.25) is 0 Å². The quantitative estimate of drug-likeness (QED) is 0.869. The molecular formula is C17H13N3O3S. The number of rotatable bonds is 3. The van der Waals surface area contributed by atoms with E-state index in [0.29, 0.717) is 15.8 Å². The van der Waals surface area contributed by atoms with Crippen LogP contribution in [0.25, 0.3) is 6.08 Å². The third kappa shape index (κ3) is 3.36. The maximum Gasteiger partial charge on any atom is 0.335 e. The van der Waals surface area contributed by atoms with Crippen LogP contribution >= 0.6 is 11.8 Å². The molecule has 24 heavy (non-hydrogen) atoms. The number of carbonyl (C=O) groups is 2. The molecule has 0 atom stereocenters. The largest absolute Gasteiger partial charge is 0.478 e. The average Bonchev–Trinajstić information content (AvgIpc) is 2.84. The smallest absolute Gasteiger partial charge is 0.335 e. The van der Waals surface area contributed by atoms with E-state index in [1.807, 2.05) is 12.1 Å². The fraction of sp³-hybridized carbons (Fsp3) is 0.0588. The van der Waals surface area contributed by atoms with Gasteiger partial charge >= 0.3 is 5.97 Å². The van der Waals surface area contributed by atoms with Gasteiger partial charge in [-0.15, -0.1) is 0 Å². The molecule has 1 aromatic carbocycles. The van der Waals surface area contributed by atoms with Gasteiger partial charge in [-0.3, -0.25) is 14.7 Å². The van der Waals surface area contributed by atoms with Crippen molar-refractivity contribution in [3.8, 4) is 0 Å². The Hall–Kier alpha value is -2.93. The van der Waals surface area contributed by atoms with Crippen molar-refractivity contribution in [1.82, 2.24) is 9.88 Å². The maximum atomic E-state index is 12.3. The lowest BCUT2D eigenvalue weighted by Gasteiger charge is -2.07. The van der Waals surface area contributed by atoms with E-state index in [1.54, 1.807) is 37.7 Å². The molecular weight excluding hydrogens is 326 g/mol. The van der Waals surface area contributed by atoms with Crippen molar-refractivity contribution < 1.29 is 14.7 Å². The van der Waals surface area contributed by atoms with Crippen molar-refractivity contribution >= 4 is 40.6 Å². The van der Waals surface area contributed by atoms with E-state index in [-0.39, 0.29) is 11.5 Å². The van der Waals surface area contributed by atoms with Crippen LogP contribution in [0.4, 0.5) is 5.69 Å². The number of amidine groups is 1. The molecule has 1 aliphatic heterocycles. The molecule has 0 bridgehead atoms. The Bertz CT molecular complexity index is 862. The molecule has 1 fully saturated rings. The van der Waals surface area contributed by atoms with E-state index < -0.39 is 5.97 Å². The first-order chi connectivity index (χ1) is 11.5. The third-order valence-corrected chi connectivity index (χ3v) is 4.39. The van der Waals surface area contributed by atoms with Gasteiger partial charge in [0, 0.05) is 19.4 Å². The maximum absolute atomic E-state index is 12.3. The molecule has 1 amide bonds. The lowest BCUT2D eigenvalue weighted by atomic mass is 10.2. The third-order valence-electron chi connectivity index (χ3n) is 3.33. The van der Waals surface area contributed by atoms with Crippen LogP contribution in [-0.2, 0) is 4.79 Å². The highest BCUT2D eigenvalue weighted by atomic mass is 32.2. The summed E-state index contributed by atoms with van der Waals surface area (Å²) < 4.78 is 0. The number of carboxylic acids is 1. The van der Waals surface area contributed by atoms with Gasteiger partial charge in [-0.25, -0.2) is 9.79 Å². The molecule has 1 aromatic heterocycles. The molecule has 0 unspecified atom stereocenters. The van der Waals surface area contributed by atoms with E-state index in [4.69, 9.17) is 5.11 Å². The van der Waals surface area contributed by atoms with Crippen molar-refractivity contribution in [2.24, 2.45) is 4.99 Å². The summed E-state index contributed by atoms with van der Waals surface area (Å²) in [7, 11) is 1.64. The van der Waals surface area contributed by atoms with Crippen molar-refractivity contribution in [1.29, 1.82) is 0 Å². The summed E-state index contributed by atoms with van der Waals surface area (Å²) in [4.78, 5) is 33.7. The lowest BCUT2D eigenvalue weighted by molar-refractivity contribution is -0.121. The van der Waals surface area contributed by atoms with E-state index in [9.17, 15) is 9.59 Å². The van der Waals surface area contributed by atoms with Gasteiger partial charge in [-0.1, -0.05) is 6.07 Å². The van der Waals surface area contributed by atoms with Gasteiger partial charge in [0.05, 0.1) is 16.2 Å². The van der Waals surface area contributed by atoms with Crippen LogP contribution in [0.3, 0.4) is 0 Å². The normalized spacial score (nSPS) is 17.7. The number of aromatic nitrogens is 1. The fourth-order valence-corrected chi connectivity index (χ4v) is 3.07. The molecule has 7 heteroatoms. The van der Waals surface area contributed by atoms with E-state index >= 15 is 0 Å². The summed E-state index contributed by atoms with van der Waals surface area (Å²) in [6.45, 7) is 0. The number of aliphatic imine (C=N–C) groups is 1. The lowest BCUT2D eigenvalue weighted by Crippen LogP contribution is -2.23. The van der Waals surface area contributed by atoms with Crippen molar-refractivity contribution in [2.75, 3.05) is 7.05 Å². The molecule has 1 aliphatic rings. The van der Waals surface area contributed by atoms with Gasteiger partial charge in [-0.05, 0) is 53.7 Å². The molecule has 1 saturated heterocycles. The van der Waals surface area contributed by atoms with Crippen LogP contribution < -0.4 is 0 Å². The molecule has 3 rings (SSSR count). The number of carboxylic acid groups (broad SMARTS) is 1. The first kappa shape index (κ1) is 15.9. The fourth-order valence-electron chi connectivity index (χ4n) is 2.08. The van der Waals surface area contributed by atoms with Gasteiger partial charge < -0.3 is 5.11 Å². The summed E-state index contributed by atoms with van der Waals surface area (Å²) in [6, 6.07) is 9.91. The highest BCUT2D eigenvalue weighted by Gasteiger charge is 2.30. The second-order valence-corrected chi connectivity index (χ2v) is 6.01. The molecule has 1 N–H and O–H groups in total. The Morgan fingerprint density at radius 3 is 2.75 bits per heavy atom. The highest BCUT2D eigenvalue weighted by molar-refractivity contribution is 8.18. The number of amides is 1. The van der Waals surface area contributed by atoms with Crippen LogP contribution in [0.5, 0.6) is 0 Å². The molecule has 2 heterocycles. The van der Waals surface area contributed by atoms with Gasteiger partial charge in [0.25, 0.3) is 5.91 Å². The summed E-state index contributed by atoms with van der Waals surface area (Å²) in [5, 5.41) is 9.54. The number of nitrogens with zero attached hydrogens (tertiary/aromatic N) is 3. The van der Waals surface area contributed by atoms with E-state index in [0.717, 1.165) is 5.56 Å². The summed E-state index contributed by atoms with van der Waals surface area (Å²) in [5.74, 6) is -1.16. The average molecular weight is 339 g/mol. The standard InChI is InChI=1S/C17H13N3O3S/c1-20-15(21)14(9-11-5-7-18-8-6-11)24-17(20)19-13-4-2-3-12(10-13)16(22)23/h2-10H,1H3,(H,22,23)/b14-9-,19-17?. The minimum absolute atomic E-state index is 0.148. The zero-order valence-corrected chi connectivity index (χ0v) is 13.5. The molecule has 0 spiro atoms. The Labute approximate surface area is 142 Å². The van der Waals surface area contributed by atoms with Gasteiger partial charge in [0.15, 0.2) is 5.17 Å². The first-order valence-electron chi connectivity index (χ1n) is 7.04. The predicted molar refractivity (Wildman–Crippen MR) is 93.1 cm³/mol. The van der Waals surface area contributed by atoms with E-state index in [2.05, 4.69) is 9.98 Å². The second-order valence-electron chi connectivity index (χ2n) is 5.01. The summed E-state index contributed by atoms with van der Waals surface area (Å²) in [6.07, 6.45) is 5.10. The van der Waals surface area contributed by atoms with E-state index in [1.165, 1.54) is 28.8 Å². The van der Waals surface area contributed by atoms with Gasteiger partial charge in [-0.2, -0.15) is 0 Å². The van der Waals surface area contributed by atoms with Crippen LogP contribution in [0, 0.1) is 0 Å². The molecule has 2 aromatic rings. The number of aromatic carboxylic acids is 1. The molecule has 0 aliphatic carbocycles. The number of carbonyl (C=O) groups excluding carboxylic acids is 1. The number of thioether (sulfide) groups is 1. The highest BCUT2D eigenvalue weighted by Crippen LogP contribution is 2.33. The SMILES string of the molecule is CN1C(=O)/C(=C/c2ccncc2)SC1=Nc1cccc(C(=O)O)c1. The Kier molecular flexibility index (Phi) is 4.43. The number of hydrogen-bond donors (Lipinski definition) is 1. The molecule has 120 valence electrons. The number of pyridine rings is 1. The minimum Gasteiger partial charge on any atom is -0.478 e. The zero-order chi connectivity index (χ0) is 17.1. The number of likely N-dealkylation sites (N-methyl/N-ethyl adjacent to an activating group) is 1. The van der Waals surface area contributed by atoms with Crippen LogP contribution in [0.15, 0.2) is 58.7 Å². The summed E-state index contributed by atoms with van der Waals surface area (Å²) >= 11 is 1.25. The second kappa shape index (κ2) is 6.67. The van der Waals surface area contributed by atoms with Crippen molar-refractivity contribution in [3.05, 3.63) is 64.8 Å². The molecule has 6 nitrogen and oxygen atoms in total.